The lowest BCUT2D eigenvalue weighted by Crippen LogP contribution is -1.97. The molecule has 0 unspecified atom stereocenters. The van der Waals surface area contributed by atoms with Crippen LogP contribution in [0.4, 0.5) is 8.78 Å². The Morgan fingerprint density at radius 2 is 1.76 bits per heavy atom. The Morgan fingerprint density at radius 3 is 2.35 bits per heavy atom. The molecule has 0 saturated heterocycles. The molecule has 2 N–H and O–H groups in total. The van der Waals surface area contributed by atoms with Crippen LogP contribution < -0.4 is 5.73 Å². The van der Waals surface area contributed by atoms with Gasteiger partial charge in [-0.05, 0) is 29.3 Å². The van der Waals surface area contributed by atoms with E-state index in [1.54, 1.807) is 12.1 Å². The fraction of sp³-hybridized carbons (Fsp3) is 0.0769. The topological polar surface area (TPSA) is 26.0 Å². The van der Waals surface area contributed by atoms with Crippen LogP contribution >= 0.6 is 11.6 Å². The molecule has 4 heteroatoms. The monoisotopic (exact) mass is 253 g/mol. The largest absolute Gasteiger partial charge is 0.326 e. The van der Waals surface area contributed by atoms with Crippen molar-refractivity contribution in [2.45, 2.75) is 6.54 Å². The second-order valence-electron chi connectivity index (χ2n) is 3.65. The van der Waals surface area contributed by atoms with E-state index in [2.05, 4.69) is 0 Å². The van der Waals surface area contributed by atoms with Crippen molar-refractivity contribution < 1.29 is 8.78 Å². The van der Waals surface area contributed by atoms with Crippen LogP contribution in [-0.4, -0.2) is 0 Å². The number of halogens is 3. The van der Waals surface area contributed by atoms with Crippen LogP contribution in [0.25, 0.3) is 11.1 Å². The molecule has 2 aromatic rings. The van der Waals surface area contributed by atoms with Crippen LogP contribution in [0.3, 0.4) is 0 Å². The molecule has 0 heterocycles. The number of hydrogen-bond donors (Lipinski definition) is 1. The second kappa shape index (κ2) is 4.82. The quantitative estimate of drug-likeness (QED) is 0.867. The van der Waals surface area contributed by atoms with Gasteiger partial charge in [0.05, 0.1) is 5.02 Å². The van der Waals surface area contributed by atoms with E-state index in [0.717, 1.165) is 0 Å². The molecule has 0 spiro atoms. The number of benzene rings is 2. The maximum atomic E-state index is 13.8. The summed E-state index contributed by atoms with van der Waals surface area (Å²) in [7, 11) is 0. The summed E-state index contributed by atoms with van der Waals surface area (Å²) in [6.45, 7) is 0.279. The van der Waals surface area contributed by atoms with Gasteiger partial charge < -0.3 is 5.73 Å². The van der Waals surface area contributed by atoms with Gasteiger partial charge in [-0.25, -0.2) is 8.78 Å². The molecule has 2 aromatic carbocycles. The van der Waals surface area contributed by atoms with Crippen LogP contribution in [0.1, 0.15) is 5.56 Å². The van der Waals surface area contributed by atoms with Crippen molar-refractivity contribution in [1.29, 1.82) is 0 Å². The Hall–Kier alpha value is -1.45. The van der Waals surface area contributed by atoms with E-state index in [1.165, 1.54) is 24.3 Å². The zero-order valence-corrected chi connectivity index (χ0v) is 9.64. The maximum Gasteiger partial charge on any atom is 0.141 e. The Morgan fingerprint density at radius 1 is 1.00 bits per heavy atom. The summed E-state index contributed by atoms with van der Waals surface area (Å²) in [6, 6.07) is 8.82. The predicted molar refractivity (Wildman–Crippen MR) is 64.7 cm³/mol. The van der Waals surface area contributed by atoms with E-state index < -0.39 is 11.6 Å². The van der Waals surface area contributed by atoms with Gasteiger partial charge in [-0.3, -0.25) is 0 Å². The van der Waals surface area contributed by atoms with Crippen LogP contribution in [0.15, 0.2) is 36.4 Å². The van der Waals surface area contributed by atoms with E-state index in [4.69, 9.17) is 17.3 Å². The first kappa shape index (κ1) is 12.0. The highest BCUT2D eigenvalue weighted by Crippen LogP contribution is 2.27. The predicted octanol–water partition coefficient (Wildman–Crippen LogP) is 3.74. The minimum atomic E-state index is -0.519. The molecule has 0 amide bonds. The minimum absolute atomic E-state index is 0.0233. The van der Waals surface area contributed by atoms with Crippen molar-refractivity contribution >= 4 is 11.6 Å². The summed E-state index contributed by atoms with van der Waals surface area (Å²) in [6.07, 6.45) is 0. The van der Waals surface area contributed by atoms with Gasteiger partial charge in [0.1, 0.15) is 11.6 Å². The van der Waals surface area contributed by atoms with Crippen molar-refractivity contribution in [2.24, 2.45) is 5.73 Å². The first-order valence-corrected chi connectivity index (χ1v) is 5.43. The highest BCUT2D eigenvalue weighted by Gasteiger charge is 2.08. The molecule has 0 saturated carbocycles. The average Bonchev–Trinajstić information content (AvgIpc) is 2.32. The first-order valence-electron chi connectivity index (χ1n) is 5.05. The molecule has 0 bridgehead atoms. The molecule has 0 aliphatic heterocycles. The molecule has 17 heavy (non-hydrogen) atoms. The average molecular weight is 254 g/mol. The Labute approximate surface area is 103 Å². The van der Waals surface area contributed by atoms with E-state index in [-0.39, 0.29) is 11.6 Å². The fourth-order valence-electron chi connectivity index (χ4n) is 1.58. The Balaban J connectivity index is 2.49. The number of hydrogen-bond acceptors (Lipinski definition) is 1. The van der Waals surface area contributed by atoms with Crippen molar-refractivity contribution in [2.75, 3.05) is 0 Å². The lowest BCUT2D eigenvalue weighted by atomic mass is 10.0. The van der Waals surface area contributed by atoms with Crippen molar-refractivity contribution in [3.05, 3.63) is 58.6 Å². The standard InChI is InChI=1S/C13H10ClF2N/c14-11-6-9(2-4-12(11)15)10-3-1-8(7-17)5-13(10)16/h1-6H,7,17H2. The van der Waals surface area contributed by atoms with Gasteiger partial charge >= 0.3 is 0 Å². The number of nitrogens with two attached hydrogens (primary N) is 1. The van der Waals surface area contributed by atoms with Gasteiger partial charge in [0.2, 0.25) is 0 Å². The summed E-state index contributed by atoms with van der Waals surface area (Å²) >= 11 is 5.66. The van der Waals surface area contributed by atoms with E-state index in [0.29, 0.717) is 16.7 Å². The van der Waals surface area contributed by atoms with Crippen molar-refractivity contribution in [1.82, 2.24) is 0 Å². The van der Waals surface area contributed by atoms with Gasteiger partial charge in [0.25, 0.3) is 0 Å². The summed E-state index contributed by atoms with van der Waals surface area (Å²) in [5, 5.41) is -0.0233. The van der Waals surface area contributed by atoms with Gasteiger partial charge in [-0.2, -0.15) is 0 Å². The van der Waals surface area contributed by atoms with Gasteiger partial charge in [0.15, 0.2) is 0 Å². The molecule has 0 fully saturated rings. The van der Waals surface area contributed by atoms with E-state index in [9.17, 15) is 8.78 Å². The molecule has 0 radical (unpaired) electrons. The van der Waals surface area contributed by atoms with Crippen LogP contribution in [0.5, 0.6) is 0 Å². The molecular weight excluding hydrogens is 244 g/mol. The van der Waals surface area contributed by atoms with Gasteiger partial charge in [0, 0.05) is 12.1 Å². The molecular formula is C13H10ClF2N. The highest BCUT2D eigenvalue weighted by molar-refractivity contribution is 6.31. The molecule has 0 aliphatic rings. The smallest absolute Gasteiger partial charge is 0.141 e. The molecule has 2 rings (SSSR count). The van der Waals surface area contributed by atoms with E-state index >= 15 is 0 Å². The van der Waals surface area contributed by atoms with Crippen LogP contribution in [0, 0.1) is 11.6 Å². The maximum absolute atomic E-state index is 13.8. The van der Waals surface area contributed by atoms with Gasteiger partial charge in [-0.15, -0.1) is 0 Å². The zero-order valence-electron chi connectivity index (χ0n) is 8.88. The third kappa shape index (κ3) is 2.46. The molecule has 0 aliphatic carbocycles. The summed E-state index contributed by atoms with van der Waals surface area (Å²) in [4.78, 5) is 0. The number of rotatable bonds is 2. The van der Waals surface area contributed by atoms with Gasteiger partial charge in [-0.1, -0.05) is 29.8 Å². The molecule has 0 aromatic heterocycles. The molecule has 0 atom stereocenters. The van der Waals surface area contributed by atoms with E-state index in [1.807, 2.05) is 0 Å². The highest BCUT2D eigenvalue weighted by atomic mass is 35.5. The third-order valence-electron chi connectivity index (χ3n) is 2.50. The Bertz CT molecular complexity index is 555. The molecule has 1 nitrogen and oxygen atoms in total. The summed E-state index contributed by atoms with van der Waals surface area (Å²) in [5.74, 6) is -0.912. The molecule has 88 valence electrons. The Kier molecular flexibility index (Phi) is 3.41. The minimum Gasteiger partial charge on any atom is -0.326 e. The normalized spacial score (nSPS) is 10.6. The summed E-state index contributed by atoms with van der Waals surface area (Å²) < 4.78 is 26.8. The first-order chi connectivity index (χ1) is 8.11. The lowest BCUT2D eigenvalue weighted by molar-refractivity contribution is 0.625. The van der Waals surface area contributed by atoms with Crippen LogP contribution in [-0.2, 0) is 6.54 Å². The van der Waals surface area contributed by atoms with Crippen molar-refractivity contribution in [3.8, 4) is 11.1 Å². The zero-order chi connectivity index (χ0) is 12.4. The van der Waals surface area contributed by atoms with Crippen molar-refractivity contribution in [3.63, 3.8) is 0 Å². The second-order valence-corrected chi connectivity index (χ2v) is 4.05. The third-order valence-corrected chi connectivity index (χ3v) is 2.79. The lowest BCUT2D eigenvalue weighted by Gasteiger charge is -2.06. The van der Waals surface area contributed by atoms with Crippen LogP contribution in [0.2, 0.25) is 5.02 Å². The SMILES string of the molecule is NCc1ccc(-c2ccc(F)c(Cl)c2)c(F)c1. The summed E-state index contributed by atoms with van der Waals surface area (Å²) in [5.41, 5.74) is 7.04. The fourth-order valence-corrected chi connectivity index (χ4v) is 1.76.